The molecule has 27 heavy (non-hydrogen) atoms. The van der Waals surface area contributed by atoms with E-state index in [9.17, 15) is 4.79 Å². The molecule has 2 fully saturated rings. The Morgan fingerprint density at radius 1 is 1.04 bits per heavy atom. The second kappa shape index (κ2) is 8.05. The van der Waals surface area contributed by atoms with E-state index in [0.717, 1.165) is 42.6 Å². The molecule has 0 spiro atoms. The summed E-state index contributed by atoms with van der Waals surface area (Å²) in [4.78, 5) is 26.0. The fourth-order valence-corrected chi connectivity index (χ4v) is 4.21. The van der Waals surface area contributed by atoms with Gasteiger partial charge in [-0.2, -0.15) is 0 Å². The number of nitrogens with zero attached hydrogens (tertiary/aromatic N) is 4. The van der Waals surface area contributed by atoms with Gasteiger partial charge in [-0.3, -0.25) is 4.79 Å². The maximum atomic E-state index is 13.3. The first-order valence-corrected chi connectivity index (χ1v) is 9.92. The van der Waals surface area contributed by atoms with E-state index < -0.39 is 0 Å². The van der Waals surface area contributed by atoms with Crippen LogP contribution in [0.15, 0.2) is 36.7 Å². The summed E-state index contributed by atoms with van der Waals surface area (Å²) >= 11 is 0. The number of hydrogen-bond acceptors (Lipinski definition) is 5. The minimum atomic E-state index is 0.136. The molecule has 3 heterocycles. The molecule has 6 heteroatoms. The van der Waals surface area contributed by atoms with Crippen LogP contribution in [0.3, 0.4) is 0 Å². The number of nitrogens with two attached hydrogens (primary N) is 1. The first-order valence-electron chi connectivity index (χ1n) is 9.92. The lowest BCUT2D eigenvalue weighted by Gasteiger charge is -2.38. The van der Waals surface area contributed by atoms with Crippen molar-refractivity contribution in [1.82, 2.24) is 19.8 Å². The fraction of sp³-hybridized carbons (Fsp3) is 0.476. The molecule has 2 aliphatic heterocycles. The second-order valence-electron chi connectivity index (χ2n) is 7.57. The van der Waals surface area contributed by atoms with Crippen molar-refractivity contribution >= 4 is 11.9 Å². The molecule has 0 bridgehead atoms. The maximum Gasteiger partial charge on any atom is 0.254 e. The van der Waals surface area contributed by atoms with Gasteiger partial charge < -0.3 is 15.5 Å². The Hall–Kier alpha value is -2.47. The molecule has 4 rings (SSSR count). The molecule has 0 radical (unpaired) electrons. The highest BCUT2D eigenvalue weighted by atomic mass is 16.2. The standard InChI is InChI=1S/C21H27N5O/c22-21-23-13-18(14-24-21)16-6-5-7-17(12-16)20(27)26-11-2-1-8-19(26)15-25-9-3-4-10-25/h5-7,12-14,19H,1-4,8-11,15H2,(H2,22,23,24)/t19-/m1/s1. The van der Waals surface area contributed by atoms with Crippen LogP contribution >= 0.6 is 0 Å². The summed E-state index contributed by atoms with van der Waals surface area (Å²) in [6.45, 7) is 4.21. The topological polar surface area (TPSA) is 75.3 Å². The fourth-order valence-electron chi connectivity index (χ4n) is 4.21. The van der Waals surface area contributed by atoms with Gasteiger partial charge in [-0.05, 0) is 62.9 Å². The third kappa shape index (κ3) is 4.11. The average molecular weight is 365 g/mol. The zero-order chi connectivity index (χ0) is 18.6. The van der Waals surface area contributed by atoms with E-state index >= 15 is 0 Å². The van der Waals surface area contributed by atoms with E-state index in [0.29, 0.717) is 6.04 Å². The number of aromatic nitrogens is 2. The van der Waals surface area contributed by atoms with Gasteiger partial charge in [0.05, 0.1) is 0 Å². The van der Waals surface area contributed by atoms with Crippen LogP contribution in [-0.2, 0) is 0 Å². The Morgan fingerprint density at radius 2 is 1.78 bits per heavy atom. The molecule has 1 atom stereocenters. The number of carbonyl (C=O) groups is 1. The smallest absolute Gasteiger partial charge is 0.254 e. The summed E-state index contributed by atoms with van der Waals surface area (Å²) in [7, 11) is 0. The second-order valence-corrected chi connectivity index (χ2v) is 7.57. The number of piperidine rings is 1. The van der Waals surface area contributed by atoms with Gasteiger partial charge in [-0.25, -0.2) is 9.97 Å². The third-order valence-corrected chi connectivity index (χ3v) is 5.67. The molecule has 1 aromatic carbocycles. The summed E-state index contributed by atoms with van der Waals surface area (Å²) in [5, 5.41) is 0. The number of likely N-dealkylation sites (tertiary alicyclic amines) is 2. The third-order valence-electron chi connectivity index (χ3n) is 5.67. The van der Waals surface area contributed by atoms with Gasteiger partial charge in [0.2, 0.25) is 5.95 Å². The average Bonchev–Trinajstić information content (AvgIpc) is 3.22. The summed E-state index contributed by atoms with van der Waals surface area (Å²) in [6, 6.07) is 8.08. The van der Waals surface area contributed by atoms with Crippen LogP contribution in [0.2, 0.25) is 0 Å². The molecule has 1 amide bonds. The van der Waals surface area contributed by atoms with Crippen LogP contribution in [0, 0.1) is 0 Å². The Bertz CT molecular complexity index is 785. The summed E-state index contributed by atoms with van der Waals surface area (Å²) in [5.74, 6) is 0.390. The molecule has 0 aliphatic carbocycles. The van der Waals surface area contributed by atoms with Crippen molar-refractivity contribution in [3.05, 3.63) is 42.2 Å². The van der Waals surface area contributed by atoms with E-state index in [1.165, 1.54) is 32.4 Å². The zero-order valence-corrected chi connectivity index (χ0v) is 15.7. The van der Waals surface area contributed by atoms with Gasteiger partial charge in [0, 0.05) is 42.7 Å². The minimum absolute atomic E-state index is 0.136. The number of amides is 1. The number of anilines is 1. The highest BCUT2D eigenvalue weighted by molar-refractivity contribution is 5.95. The lowest BCUT2D eigenvalue weighted by Crippen LogP contribution is -2.49. The predicted octanol–water partition coefficient (Wildman–Crippen LogP) is 2.82. The SMILES string of the molecule is Nc1ncc(-c2cccc(C(=O)N3CCCC[C@@H]3CN3CCCC3)c2)cn1. The lowest BCUT2D eigenvalue weighted by atomic mass is 9.99. The van der Waals surface area contributed by atoms with Gasteiger partial charge in [0.1, 0.15) is 0 Å². The Kier molecular flexibility index (Phi) is 5.34. The van der Waals surface area contributed by atoms with Crippen molar-refractivity contribution in [3.8, 4) is 11.1 Å². The predicted molar refractivity (Wildman–Crippen MR) is 106 cm³/mol. The number of nitrogen functional groups attached to an aromatic ring is 1. The van der Waals surface area contributed by atoms with Crippen molar-refractivity contribution in [2.45, 2.75) is 38.1 Å². The van der Waals surface area contributed by atoms with E-state index in [4.69, 9.17) is 5.73 Å². The molecule has 2 N–H and O–H groups in total. The van der Waals surface area contributed by atoms with Crippen LogP contribution in [0.1, 0.15) is 42.5 Å². The summed E-state index contributed by atoms with van der Waals surface area (Å²) in [6.07, 6.45) is 9.37. The molecule has 0 saturated carbocycles. The molecule has 1 aromatic heterocycles. The van der Waals surface area contributed by atoms with E-state index in [2.05, 4.69) is 19.8 Å². The van der Waals surface area contributed by atoms with Gasteiger partial charge in [-0.15, -0.1) is 0 Å². The molecular weight excluding hydrogens is 338 g/mol. The molecule has 2 aromatic rings. The number of hydrogen-bond donors (Lipinski definition) is 1. The van der Waals surface area contributed by atoms with Gasteiger partial charge in [-0.1, -0.05) is 12.1 Å². The number of benzene rings is 1. The van der Waals surface area contributed by atoms with Crippen LogP contribution in [-0.4, -0.2) is 57.9 Å². The summed E-state index contributed by atoms with van der Waals surface area (Å²) in [5.41, 5.74) is 8.12. The zero-order valence-electron chi connectivity index (χ0n) is 15.7. The van der Waals surface area contributed by atoms with Crippen LogP contribution in [0.5, 0.6) is 0 Å². The monoisotopic (exact) mass is 365 g/mol. The van der Waals surface area contributed by atoms with Crippen molar-refractivity contribution < 1.29 is 4.79 Å². The molecule has 0 unspecified atom stereocenters. The first kappa shape index (κ1) is 17.9. The highest BCUT2D eigenvalue weighted by Gasteiger charge is 2.29. The van der Waals surface area contributed by atoms with Gasteiger partial charge in [0.15, 0.2) is 0 Å². The molecule has 2 aliphatic rings. The van der Waals surface area contributed by atoms with E-state index in [1.54, 1.807) is 12.4 Å². The molecular formula is C21H27N5O. The molecule has 142 valence electrons. The van der Waals surface area contributed by atoms with Crippen LogP contribution in [0.25, 0.3) is 11.1 Å². The van der Waals surface area contributed by atoms with Crippen molar-refractivity contribution in [2.24, 2.45) is 0 Å². The van der Waals surface area contributed by atoms with Crippen molar-refractivity contribution in [1.29, 1.82) is 0 Å². The number of rotatable bonds is 4. The maximum absolute atomic E-state index is 13.3. The lowest BCUT2D eigenvalue weighted by molar-refractivity contribution is 0.0560. The Balaban J connectivity index is 1.53. The van der Waals surface area contributed by atoms with Gasteiger partial charge in [0.25, 0.3) is 5.91 Å². The largest absolute Gasteiger partial charge is 0.368 e. The van der Waals surface area contributed by atoms with Crippen LogP contribution in [0.4, 0.5) is 5.95 Å². The van der Waals surface area contributed by atoms with E-state index in [1.807, 2.05) is 24.3 Å². The Morgan fingerprint density at radius 3 is 2.56 bits per heavy atom. The van der Waals surface area contributed by atoms with Crippen molar-refractivity contribution in [3.63, 3.8) is 0 Å². The first-order chi connectivity index (χ1) is 13.2. The summed E-state index contributed by atoms with van der Waals surface area (Å²) < 4.78 is 0. The van der Waals surface area contributed by atoms with Crippen LogP contribution < -0.4 is 5.73 Å². The van der Waals surface area contributed by atoms with Crippen molar-refractivity contribution in [2.75, 3.05) is 31.9 Å². The number of carbonyl (C=O) groups excluding carboxylic acids is 1. The molecule has 2 saturated heterocycles. The van der Waals surface area contributed by atoms with Gasteiger partial charge >= 0.3 is 0 Å². The molecule has 6 nitrogen and oxygen atoms in total. The normalized spacial score (nSPS) is 20.7. The van der Waals surface area contributed by atoms with E-state index in [-0.39, 0.29) is 11.9 Å². The Labute approximate surface area is 160 Å². The minimum Gasteiger partial charge on any atom is -0.368 e. The highest BCUT2D eigenvalue weighted by Crippen LogP contribution is 2.24. The quantitative estimate of drug-likeness (QED) is 0.902.